The summed E-state index contributed by atoms with van der Waals surface area (Å²) in [7, 11) is 3.31. The second-order valence-electron chi connectivity index (χ2n) is 7.24. The molecule has 2 aromatic carbocycles. The van der Waals surface area contributed by atoms with Crippen molar-refractivity contribution in [1.29, 1.82) is 0 Å². The Labute approximate surface area is 190 Å². The van der Waals surface area contributed by atoms with Gasteiger partial charge in [-0.3, -0.25) is 19.9 Å². The molecule has 1 saturated heterocycles. The van der Waals surface area contributed by atoms with Crippen LogP contribution >= 0.6 is 0 Å². The van der Waals surface area contributed by atoms with E-state index in [4.69, 9.17) is 29.3 Å². The topological polar surface area (TPSA) is 143 Å². The fraction of sp³-hybridized carbons (Fsp3) is 0.364. The first-order chi connectivity index (χ1) is 15.7. The van der Waals surface area contributed by atoms with Gasteiger partial charge in [0.2, 0.25) is 0 Å². The molecule has 11 heteroatoms. The first-order valence-corrected chi connectivity index (χ1v) is 10.1. The zero-order valence-corrected chi connectivity index (χ0v) is 18.5. The van der Waals surface area contributed by atoms with Crippen molar-refractivity contribution in [1.82, 2.24) is 9.80 Å². The number of rotatable bonds is 7. The lowest BCUT2D eigenvalue weighted by Gasteiger charge is -2.35. The first kappa shape index (κ1) is 25.6. The summed E-state index contributed by atoms with van der Waals surface area (Å²) in [6, 6.07) is 12.8. The Balaban J connectivity index is 0.000000569. The van der Waals surface area contributed by atoms with Crippen molar-refractivity contribution in [3.8, 4) is 11.5 Å². The van der Waals surface area contributed by atoms with E-state index in [1.165, 1.54) is 6.07 Å². The van der Waals surface area contributed by atoms with Gasteiger partial charge in [0.25, 0.3) is 5.69 Å². The lowest BCUT2D eigenvalue weighted by Crippen LogP contribution is -2.45. The Hall–Kier alpha value is -3.70. The molecule has 1 heterocycles. The van der Waals surface area contributed by atoms with E-state index in [0.717, 1.165) is 61.9 Å². The number of non-ortho nitro benzene ring substituents is 1. The van der Waals surface area contributed by atoms with Crippen LogP contribution < -0.4 is 9.47 Å². The predicted molar refractivity (Wildman–Crippen MR) is 118 cm³/mol. The average molecular weight is 461 g/mol. The predicted octanol–water partition coefficient (Wildman–Crippen LogP) is 2.09. The monoisotopic (exact) mass is 461 g/mol. The molecule has 0 radical (unpaired) electrons. The van der Waals surface area contributed by atoms with Crippen molar-refractivity contribution in [3.05, 3.63) is 63.7 Å². The number of nitrogens with zero attached hydrogens (tertiary/aromatic N) is 3. The van der Waals surface area contributed by atoms with Gasteiger partial charge in [-0.25, -0.2) is 9.59 Å². The number of ether oxygens (including phenoxy) is 2. The molecule has 0 saturated carbocycles. The van der Waals surface area contributed by atoms with Gasteiger partial charge < -0.3 is 19.7 Å². The van der Waals surface area contributed by atoms with Crippen LogP contribution in [0.15, 0.2) is 42.5 Å². The first-order valence-electron chi connectivity index (χ1n) is 10.1. The quantitative estimate of drug-likeness (QED) is 0.357. The van der Waals surface area contributed by atoms with Crippen molar-refractivity contribution in [2.75, 3.05) is 40.4 Å². The number of para-hydroxylation sites is 1. The second kappa shape index (κ2) is 12.4. The highest BCUT2D eigenvalue weighted by atomic mass is 16.6. The molecule has 0 bridgehead atoms. The van der Waals surface area contributed by atoms with Crippen LogP contribution in [0.2, 0.25) is 0 Å². The number of methoxy groups -OCH3 is 2. The maximum atomic E-state index is 10.9. The molecular formula is C22H27N3O8. The Morgan fingerprint density at radius 1 is 0.939 bits per heavy atom. The van der Waals surface area contributed by atoms with Crippen LogP contribution in [-0.2, 0) is 22.7 Å². The summed E-state index contributed by atoms with van der Waals surface area (Å²) in [5.74, 6) is -2.11. The van der Waals surface area contributed by atoms with E-state index in [1.54, 1.807) is 26.4 Å². The number of nitro benzene ring substituents is 1. The maximum absolute atomic E-state index is 10.9. The minimum Gasteiger partial charge on any atom is -0.493 e. The summed E-state index contributed by atoms with van der Waals surface area (Å²) < 4.78 is 10.9. The van der Waals surface area contributed by atoms with Crippen LogP contribution in [0.25, 0.3) is 0 Å². The molecule has 3 rings (SSSR count). The van der Waals surface area contributed by atoms with Crippen molar-refractivity contribution in [2.45, 2.75) is 13.1 Å². The maximum Gasteiger partial charge on any atom is 0.414 e. The van der Waals surface area contributed by atoms with Gasteiger partial charge >= 0.3 is 11.9 Å². The third kappa shape index (κ3) is 7.74. The van der Waals surface area contributed by atoms with Crippen LogP contribution in [-0.4, -0.2) is 77.3 Å². The number of nitro groups is 1. The molecule has 2 N–H and O–H groups in total. The minimum atomic E-state index is -1.82. The van der Waals surface area contributed by atoms with E-state index in [2.05, 4.69) is 15.9 Å². The summed E-state index contributed by atoms with van der Waals surface area (Å²) >= 11 is 0. The Morgan fingerprint density at radius 2 is 1.52 bits per heavy atom. The van der Waals surface area contributed by atoms with Crippen LogP contribution in [0.3, 0.4) is 0 Å². The Morgan fingerprint density at radius 3 is 2.03 bits per heavy atom. The van der Waals surface area contributed by atoms with Gasteiger partial charge in [0.05, 0.1) is 19.1 Å². The normalized spacial score (nSPS) is 14.0. The number of carboxylic acids is 2. The molecule has 0 aliphatic carbocycles. The van der Waals surface area contributed by atoms with Crippen LogP contribution in [0, 0.1) is 10.1 Å². The molecule has 0 aromatic heterocycles. The van der Waals surface area contributed by atoms with Gasteiger partial charge in [0.15, 0.2) is 11.5 Å². The van der Waals surface area contributed by atoms with Crippen molar-refractivity contribution >= 4 is 17.6 Å². The van der Waals surface area contributed by atoms with Crippen LogP contribution in [0.5, 0.6) is 11.5 Å². The highest BCUT2D eigenvalue weighted by Crippen LogP contribution is 2.31. The Kier molecular flexibility index (Phi) is 9.58. The zero-order valence-electron chi connectivity index (χ0n) is 18.5. The highest BCUT2D eigenvalue weighted by Gasteiger charge is 2.20. The molecule has 11 nitrogen and oxygen atoms in total. The van der Waals surface area contributed by atoms with Gasteiger partial charge in [-0.15, -0.1) is 0 Å². The van der Waals surface area contributed by atoms with E-state index < -0.39 is 11.9 Å². The number of piperazine rings is 1. The molecule has 0 amide bonds. The van der Waals surface area contributed by atoms with E-state index >= 15 is 0 Å². The lowest BCUT2D eigenvalue weighted by atomic mass is 10.1. The Bertz CT molecular complexity index is 962. The molecule has 33 heavy (non-hydrogen) atoms. The SMILES string of the molecule is COc1cccc(CN2CCN(Cc3cccc([N+](=O)[O-])c3)CC2)c1OC.O=C(O)C(=O)O. The summed E-state index contributed by atoms with van der Waals surface area (Å²) in [6.07, 6.45) is 0. The van der Waals surface area contributed by atoms with E-state index in [9.17, 15) is 10.1 Å². The van der Waals surface area contributed by atoms with Gasteiger partial charge in [0, 0.05) is 57.0 Å². The molecule has 1 aliphatic rings. The number of hydrogen-bond acceptors (Lipinski definition) is 8. The number of aliphatic carboxylic acids is 2. The fourth-order valence-corrected chi connectivity index (χ4v) is 3.45. The van der Waals surface area contributed by atoms with Gasteiger partial charge in [0.1, 0.15) is 0 Å². The number of benzene rings is 2. The standard InChI is InChI=1S/C20H25N3O4.C2H2O4/c1-26-19-8-4-6-17(20(19)27-2)15-22-11-9-21(10-12-22)14-16-5-3-7-18(13-16)23(24)25;3-1(4)2(5)6/h3-8,13H,9-12,14-15H2,1-2H3;(H,3,4)(H,5,6). The third-order valence-electron chi connectivity index (χ3n) is 5.05. The van der Waals surface area contributed by atoms with Gasteiger partial charge in [-0.2, -0.15) is 0 Å². The molecule has 1 fully saturated rings. The number of carboxylic acid groups (broad SMARTS) is 2. The zero-order chi connectivity index (χ0) is 24.4. The molecule has 0 atom stereocenters. The van der Waals surface area contributed by atoms with E-state index in [0.29, 0.717) is 0 Å². The number of hydrogen-bond donors (Lipinski definition) is 2. The molecule has 1 aliphatic heterocycles. The van der Waals surface area contributed by atoms with Crippen molar-refractivity contribution < 1.29 is 34.2 Å². The summed E-state index contributed by atoms with van der Waals surface area (Å²) in [5.41, 5.74) is 2.24. The fourth-order valence-electron chi connectivity index (χ4n) is 3.45. The molecule has 0 spiro atoms. The average Bonchev–Trinajstić information content (AvgIpc) is 2.80. The molecular weight excluding hydrogens is 434 g/mol. The van der Waals surface area contributed by atoms with E-state index in [1.807, 2.05) is 18.2 Å². The van der Waals surface area contributed by atoms with E-state index in [-0.39, 0.29) is 10.6 Å². The summed E-state index contributed by atoms with van der Waals surface area (Å²) in [4.78, 5) is 33.5. The summed E-state index contributed by atoms with van der Waals surface area (Å²) in [6.45, 7) is 5.28. The highest BCUT2D eigenvalue weighted by molar-refractivity contribution is 6.27. The lowest BCUT2D eigenvalue weighted by molar-refractivity contribution is -0.384. The van der Waals surface area contributed by atoms with Crippen molar-refractivity contribution in [2.24, 2.45) is 0 Å². The third-order valence-corrected chi connectivity index (χ3v) is 5.05. The summed E-state index contributed by atoms with van der Waals surface area (Å²) in [5, 5.41) is 25.7. The molecule has 2 aromatic rings. The minimum absolute atomic E-state index is 0.149. The largest absolute Gasteiger partial charge is 0.493 e. The van der Waals surface area contributed by atoms with Crippen LogP contribution in [0.4, 0.5) is 5.69 Å². The van der Waals surface area contributed by atoms with Crippen LogP contribution in [0.1, 0.15) is 11.1 Å². The molecule has 178 valence electrons. The number of carbonyl (C=O) groups is 2. The molecule has 0 unspecified atom stereocenters. The van der Waals surface area contributed by atoms with Gasteiger partial charge in [-0.05, 0) is 11.6 Å². The van der Waals surface area contributed by atoms with Gasteiger partial charge in [-0.1, -0.05) is 24.3 Å². The van der Waals surface area contributed by atoms with Crippen molar-refractivity contribution in [3.63, 3.8) is 0 Å². The smallest absolute Gasteiger partial charge is 0.414 e. The second-order valence-corrected chi connectivity index (χ2v) is 7.24.